The van der Waals surface area contributed by atoms with E-state index in [2.05, 4.69) is 54.9 Å². The van der Waals surface area contributed by atoms with Crippen LogP contribution in [0.1, 0.15) is 49.1 Å². The number of pyridine rings is 1. The first-order chi connectivity index (χ1) is 9.85. The van der Waals surface area contributed by atoms with Crippen LogP contribution < -0.4 is 5.32 Å². The molecule has 0 spiro atoms. The summed E-state index contributed by atoms with van der Waals surface area (Å²) in [6.07, 6.45) is 4.35. The highest BCUT2D eigenvalue weighted by Crippen LogP contribution is 2.14. The maximum Gasteiger partial charge on any atom is 0.133 e. The summed E-state index contributed by atoms with van der Waals surface area (Å²) in [5, 5.41) is 3.50. The monoisotopic (exact) mass is 284 g/mol. The molecule has 1 N–H and O–H groups in total. The largest absolute Gasteiger partial charge is 0.308 e. The molecule has 0 saturated carbocycles. The van der Waals surface area contributed by atoms with Crippen LogP contribution in [0, 0.1) is 13.8 Å². The fourth-order valence-corrected chi connectivity index (χ4v) is 2.18. The molecule has 21 heavy (non-hydrogen) atoms. The zero-order chi connectivity index (χ0) is 15.5. The van der Waals surface area contributed by atoms with Crippen molar-refractivity contribution in [3.05, 3.63) is 52.9 Å². The molecule has 0 unspecified atom stereocenters. The molecule has 0 aliphatic rings. The average molecular weight is 284 g/mol. The molecule has 2 aromatic rings. The van der Waals surface area contributed by atoms with Gasteiger partial charge in [-0.25, -0.2) is 9.97 Å². The molecule has 0 aromatic carbocycles. The van der Waals surface area contributed by atoms with Gasteiger partial charge in [0.1, 0.15) is 5.82 Å². The minimum absolute atomic E-state index is 0.0919. The number of nitrogens with zero attached hydrogens (tertiary/aromatic N) is 3. The predicted octanol–water partition coefficient (Wildman–Crippen LogP) is 2.97. The van der Waals surface area contributed by atoms with E-state index in [4.69, 9.17) is 0 Å². The molecule has 0 radical (unpaired) electrons. The van der Waals surface area contributed by atoms with E-state index in [1.807, 2.05) is 12.1 Å². The minimum Gasteiger partial charge on any atom is -0.308 e. The van der Waals surface area contributed by atoms with Gasteiger partial charge in [-0.2, -0.15) is 0 Å². The normalized spacial score (nSPS) is 11.7. The Bertz CT molecular complexity index is 577. The topological polar surface area (TPSA) is 50.7 Å². The number of nitrogens with one attached hydrogen (secondary N) is 1. The summed E-state index contributed by atoms with van der Waals surface area (Å²) in [7, 11) is 0. The summed E-state index contributed by atoms with van der Waals surface area (Å²) in [5.41, 5.74) is 4.59. The van der Waals surface area contributed by atoms with E-state index >= 15 is 0 Å². The molecular formula is C17H24N4. The predicted molar refractivity (Wildman–Crippen MR) is 85.1 cm³/mol. The molecular weight excluding hydrogens is 260 g/mol. The van der Waals surface area contributed by atoms with E-state index in [0.717, 1.165) is 30.2 Å². The van der Waals surface area contributed by atoms with Gasteiger partial charge in [-0.15, -0.1) is 0 Å². The van der Waals surface area contributed by atoms with Crippen LogP contribution >= 0.6 is 0 Å². The third kappa shape index (κ3) is 4.60. The van der Waals surface area contributed by atoms with E-state index in [0.29, 0.717) is 0 Å². The van der Waals surface area contributed by atoms with Crippen LogP contribution in [0.25, 0.3) is 0 Å². The number of rotatable bonds is 4. The number of hydrogen-bond donors (Lipinski definition) is 1. The van der Waals surface area contributed by atoms with Crippen LogP contribution in [0.15, 0.2) is 24.5 Å². The van der Waals surface area contributed by atoms with Gasteiger partial charge in [0.2, 0.25) is 0 Å². The van der Waals surface area contributed by atoms with Gasteiger partial charge in [0.15, 0.2) is 0 Å². The highest BCUT2D eigenvalue weighted by atomic mass is 15.0. The zero-order valence-corrected chi connectivity index (χ0v) is 13.6. The summed E-state index contributed by atoms with van der Waals surface area (Å²) in [4.78, 5) is 13.4. The van der Waals surface area contributed by atoms with E-state index in [-0.39, 0.29) is 5.54 Å². The van der Waals surface area contributed by atoms with Crippen molar-refractivity contribution in [2.24, 2.45) is 0 Å². The summed E-state index contributed by atoms with van der Waals surface area (Å²) < 4.78 is 0. The lowest BCUT2D eigenvalue weighted by Crippen LogP contribution is -2.35. The van der Waals surface area contributed by atoms with Gasteiger partial charge in [0.25, 0.3) is 0 Å². The van der Waals surface area contributed by atoms with Gasteiger partial charge in [-0.3, -0.25) is 4.98 Å². The van der Waals surface area contributed by atoms with Crippen molar-refractivity contribution in [1.29, 1.82) is 0 Å². The lowest BCUT2D eigenvalue weighted by atomic mass is 10.1. The maximum atomic E-state index is 4.66. The van der Waals surface area contributed by atoms with E-state index < -0.39 is 0 Å². The van der Waals surface area contributed by atoms with Crippen LogP contribution in [-0.4, -0.2) is 20.5 Å². The maximum absolute atomic E-state index is 4.66. The SMILES string of the molecule is Cc1nc(Cc2ccncc2)nc(C)c1CNC(C)(C)C. The molecule has 0 aliphatic carbocycles. The minimum atomic E-state index is 0.0919. The van der Waals surface area contributed by atoms with Gasteiger partial charge in [-0.1, -0.05) is 0 Å². The van der Waals surface area contributed by atoms with Crippen molar-refractivity contribution >= 4 is 0 Å². The van der Waals surface area contributed by atoms with Crippen molar-refractivity contribution in [3.63, 3.8) is 0 Å². The third-order valence-electron chi connectivity index (χ3n) is 3.37. The summed E-state index contributed by atoms with van der Waals surface area (Å²) in [5.74, 6) is 0.871. The first-order valence-electron chi connectivity index (χ1n) is 7.32. The molecule has 4 nitrogen and oxygen atoms in total. The lowest BCUT2D eigenvalue weighted by molar-refractivity contribution is 0.422. The standard InChI is InChI=1S/C17H24N4/c1-12-15(11-19-17(3,4)5)13(2)21-16(20-12)10-14-6-8-18-9-7-14/h6-9,19H,10-11H2,1-5H3. The molecule has 0 saturated heterocycles. The van der Waals surface area contributed by atoms with Crippen molar-refractivity contribution in [1.82, 2.24) is 20.3 Å². The Balaban J connectivity index is 2.17. The zero-order valence-electron chi connectivity index (χ0n) is 13.6. The van der Waals surface area contributed by atoms with E-state index in [9.17, 15) is 0 Å². The van der Waals surface area contributed by atoms with Gasteiger partial charge < -0.3 is 5.32 Å². The summed E-state index contributed by atoms with van der Waals surface area (Å²) in [6.45, 7) is 11.4. The second-order valence-electron chi connectivity index (χ2n) is 6.43. The molecule has 0 bridgehead atoms. The molecule has 0 aliphatic heterocycles. The highest BCUT2D eigenvalue weighted by Gasteiger charge is 2.13. The van der Waals surface area contributed by atoms with Crippen LogP contribution in [-0.2, 0) is 13.0 Å². The van der Waals surface area contributed by atoms with Crippen molar-refractivity contribution in [2.45, 2.75) is 53.1 Å². The second-order valence-corrected chi connectivity index (χ2v) is 6.43. The molecule has 0 fully saturated rings. The van der Waals surface area contributed by atoms with Crippen molar-refractivity contribution < 1.29 is 0 Å². The van der Waals surface area contributed by atoms with Crippen molar-refractivity contribution in [2.75, 3.05) is 0 Å². The summed E-state index contributed by atoms with van der Waals surface area (Å²) >= 11 is 0. The number of aromatic nitrogens is 3. The quantitative estimate of drug-likeness (QED) is 0.938. The van der Waals surface area contributed by atoms with Gasteiger partial charge in [-0.05, 0) is 52.3 Å². The molecule has 112 valence electrons. The van der Waals surface area contributed by atoms with Crippen LogP contribution in [0.5, 0.6) is 0 Å². The fourth-order valence-electron chi connectivity index (χ4n) is 2.18. The molecule has 0 atom stereocenters. The van der Waals surface area contributed by atoms with E-state index in [1.54, 1.807) is 12.4 Å². The Hall–Kier alpha value is -1.81. The first-order valence-corrected chi connectivity index (χ1v) is 7.32. The lowest BCUT2D eigenvalue weighted by Gasteiger charge is -2.22. The summed E-state index contributed by atoms with van der Waals surface area (Å²) in [6, 6.07) is 4.01. The second kappa shape index (κ2) is 6.31. The van der Waals surface area contributed by atoms with E-state index in [1.165, 1.54) is 11.1 Å². The highest BCUT2D eigenvalue weighted by molar-refractivity contribution is 5.26. The Morgan fingerprint density at radius 2 is 1.57 bits per heavy atom. The van der Waals surface area contributed by atoms with Crippen LogP contribution in [0.4, 0.5) is 0 Å². The van der Waals surface area contributed by atoms with Crippen LogP contribution in [0.2, 0.25) is 0 Å². The van der Waals surface area contributed by atoms with Gasteiger partial charge >= 0.3 is 0 Å². The molecule has 2 rings (SSSR count). The van der Waals surface area contributed by atoms with Gasteiger partial charge in [0.05, 0.1) is 0 Å². The van der Waals surface area contributed by atoms with Gasteiger partial charge in [0, 0.05) is 47.8 Å². The molecule has 2 heterocycles. The Morgan fingerprint density at radius 1 is 1.00 bits per heavy atom. The number of hydrogen-bond acceptors (Lipinski definition) is 4. The third-order valence-corrected chi connectivity index (χ3v) is 3.37. The smallest absolute Gasteiger partial charge is 0.133 e. The molecule has 4 heteroatoms. The number of aryl methyl sites for hydroxylation is 2. The fraction of sp³-hybridized carbons (Fsp3) is 0.471. The Kier molecular flexibility index (Phi) is 4.68. The first kappa shape index (κ1) is 15.6. The molecule has 2 aromatic heterocycles. The van der Waals surface area contributed by atoms with Crippen molar-refractivity contribution in [3.8, 4) is 0 Å². The van der Waals surface area contributed by atoms with Crippen LogP contribution in [0.3, 0.4) is 0 Å². The Labute approximate surface area is 127 Å². The Morgan fingerprint density at radius 3 is 2.10 bits per heavy atom. The molecule has 0 amide bonds. The average Bonchev–Trinajstić information content (AvgIpc) is 2.37.